The molecule has 2 aromatic heterocycles. The van der Waals surface area contributed by atoms with Crippen molar-refractivity contribution in [1.29, 1.82) is 0 Å². The monoisotopic (exact) mass is 412 g/mol. The van der Waals surface area contributed by atoms with Crippen molar-refractivity contribution >= 4 is 37.8 Å². The molecule has 3 rings (SSSR count). The first-order valence-electron chi connectivity index (χ1n) is 7.79. The van der Waals surface area contributed by atoms with Gasteiger partial charge in [0.1, 0.15) is 11.8 Å². The molecule has 2 unspecified atom stereocenters. The third kappa shape index (κ3) is 3.94. The highest BCUT2D eigenvalue weighted by Gasteiger charge is 2.34. The molecular weight excluding hydrogens is 396 g/mol. The lowest BCUT2D eigenvalue weighted by molar-refractivity contribution is 0.116. The van der Waals surface area contributed by atoms with Gasteiger partial charge in [-0.2, -0.15) is 8.42 Å². The van der Waals surface area contributed by atoms with Crippen molar-refractivity contribution in [2.45, 2.75) is 13.0 Å². The third-order valence-electron chi connectivity index (χ3n) is 3.88. The number of nitrogens with one attached hydrogen (secondary N) is 1. The van der Waals surface area contributed by atoms with Gasteiger partial charge in [-0.15, -0.1) is 10.2 Å². The fourth-order valence-corrected chi connectivity index (χ4v) is 3.33. The Morgan fingerprint density at radius 1 is 1.30 bits per heavy atom. The normalized spacial score (nSPS) is 20.0. The molecule has 0 aliphatic carbocycles. The first-order valence-corrected chi connectivity index (χ1v) is 10.1. The van der Waals surface area contributed by atoms with Crippen LogP contribution in [0.5, 0.6) is 0 Å². The van der Waals surface area contributed by atoms with Crippen LogP contribution >= 0.6 is 10.7 Å². The molecule has 0 saturated heterocycles. The number of halogens is 1. The van der Waals surface area contributed by atoms with Crippen LogP contribution in [0.4, 0.5) is 5.95 Å². The van der Waals surface area contributed by atoms with Gasteiger partial charge in [-0.3, -0.25) is 9.55 Å². The molecule has 1 aliphatic heterocycles. The Morgan fingerprint density at radius 3 is 2.67 bits per heavy atom. The summed E-state index contributed by atoms with van der Waals surface area (Å²) < 4.78 is 37.8. The predicted molar refractivity (Wildman–Crippen MR) is 100 cm³/mol. The second-order valence-electron chi connectivity index (χ2n) is 5.65. The van der Waals surface area contributed by atoms with E-state index in [1.54, 1.807) is 30.7 Å². The summed E-state index contributed by atoms with van der Waals surface area (Å²) in [6.07, 6.45) is 4.37. The molecule has 27 heavy (non-hydrogen) atoms. The molecule has 144 valence electrons. The largest absolute Gasteiger partial charge is 0.480 e. The smallest absolute Gasteiger partial charge is 0.321 e. The summed E-state index contributed by atoms with van der Waals surface area (Å²) in [5.74, 6) is 0.315. The summed E-state index contributed by atoms with van der Waals surface area (Å²) in [6, 6.07) is 3.48. The molecule has 0 saturated carbocycles. The summed E-state index contributed by atoms with van der Waals surface area (Å²) in [5.41, 5.74) is 1.03. The highest BCUT2D eigenvalue weighted by molar-refractivity contribution is 8.14. The Bertz CT molecular complexity index is 989. The molecular formula is C15H17ClN6O4S. The molecule has 2 aromatic rings. The maximum absolute atomic E-state index is 11.6. The number of hydrogen-bond donors (Lipinski definition) is 1. The third-order valence-corrected chi connectivity index (χ3v) is 4.54. The van der Waals surface area contributed by atoms with Crippen LogP contribution in [0, 0.1) is 5.92 Å². The van der Waals surface area contributed by atoms with E-state index in [2.05, 4.69) is 24.9 Å². The number of anilines is 1. The Kier molecular flexibility index (Phi) is 5.44. The number of hydrogen-bond acceptors (Lipinski definition) is 8. The van der Waals surface area contributed by atoms with Gasteiger partial charge in [-0.25, -0.2) is 9.71 Å². The van der Waals surface area contributed by atoms with Crippen molar-refractivity contribution in [2.75, 3.05) is 18.9 Å². The van der Waals surface area contributed by atoms with Gasteiger partial charge in [0, 0.05) is 47.9 Å². The molecule has 1 N–H and O–H groups in total. The minimum atomic E-state index is -4.13. The number of rotatable bonds is 6. The van der Waals surface area contributed by atoms with Crippen LogP contribution < -0.4 is 4.72 Å². The first kappa shape index (κ1) is 19.3. The lowest BCUT2D eigenvalue weighted by Gasteiger charge is -2.28. The second kappa shape index (κ2) is 7.62. The van der Waals surface area contributed by atoms with Crippen LogP contribution in [-0.4, -0.2) is 54.7 Å². The van der Waals surface area contributed by atoms with Crippen molar-refractivity contribution in [2.24, 2.45) is 10.9 Å². The summed E-state index contributed by atoms with van der Waals surface area (Å²) in [5, 5.41) is 8.03. The van der Waals surface area contributed by atoms with Crippen LogP contribution in [0.25, 0.3) is 17.1 Å². The van der Waals surface area contributed by atoms with Crippen LogP contribution in [0.2, 0.25) is 0 Å². The SMILES string of the molecule is COC1=C(n2c(NS(=O)(=O)Cl)nnc2-c2cccnc2)C(OC)C(C)C=N1. The van der Waals surface area contributed by atoms with Gasteiger partial charge in [-0.1, -0.05) is 6.92 Å². The van der Waals surface area contributed by atoms with E-state index in [0.717, 1.165) is 0 Å². The average Bonchev–Trinajstić information content (AvgIpc) is 3.03. The van der Waals surface area contributed by atoms with Crippen molar-refractivity contribution in [3.05, 3.63) is 30.4 Å². The molecule has 12 heteroatoms. The Morgan fingerprint density at radius 2 is 2.07 bits per heavy atom. The van der Waals surface area contributed by atoms with E-state index in [0.29, 0.717) is 17.1 Å². The van der Waals surface area contributed by atoms with Crippen LogP contribution in [0.3, 0.4) is 0 Å². The maximum atomic E-state index is 11.6. The second-order valence-corrected chi connectivity index (χ2v) is 7.95. The Balaban J connectivity index is 2.29. The molecule has 0 aromatic carbocycles. The highest BCUT2D eigenvalue weighted by atomic mass is 35.7. The topological polar surface area (TPSA) is 121 Å². The number of methoxy groups -OCH3 is 2. The fourth-order valence-electron chi connectivity index (χ4n) is 2.78. The van der Waals surface area contributed by atoms with Crippen molar-refractivity contribution in [3.8, 4) is 11.4 Å². The van der Waals surface area contributed by atoms with E-state index < -0.39 is 15.3 Å². The zero-order valence-electron chi connectivity index (χ0n) is 14.7. The van der Waals surface area contributed by atoms with E-state index in [9.17, 15) is 8.42 Å². The molecule has 10 nitrogen and oxygen atoms in total. The quantitative estimate of drug-likeness (QED) is 0.717. The minimum absolute atomic E-state index is 0.117. The van der Waals surface area contributed by atoms with E-state index in [1.807, 2.05) is 6.92 Å². The lowest BCUT2D eigenvalue weighted by atomic mass is 10.0. The van der Waals surface area contributed by atoms with Gasteiger partial charge in [0.05, 0.1) is 7.11 Å². The lowest BCUT2D eigenvalue weighted by Crippen LogP contribution is -2.31. The Labute approximate surface area is 160 Å². The number of nitrogens with zero attached hydrogens (tertiary/aromatic N) is 5. The maximum Gasteiger partial charge on any atom is 0.321 e. The summed E-state index contributed by atoms with van der Waals surface area (Å²) in [7, 11) is 4.22. The average molecular weight is 413 g/mol. The molecule has 0 radical (unpaired) electrons. The summed E-state index contributed by atoms with van der Waals surface area (Å²) in [6.45, 7) is 1.91. The first-order chi connectivity index (χ1) is 12.9. The molecule has 3 heterocycles. The molecule has 0 amide bonds. The molecule has 0 fully saturated rings. The van der Waals surface area contributed by atoms with E-state index in [1.165, 1.54) is 18.8 Å². The number of aliphatic imine (C=N–C) groups is 1. The minimum Gasteiger partial charge on any atom is -0.480 e. The highest BCUT2D eigenvalue weighted by Crippen LogP contribution is 2.34. The van der Waals surface area contributed by atoms with Gasteiger partial charge in [0.2, 0.25) is 11.8 Å². The molecule has 0 spiro atoms. The summed E-state index contributed by atoms with van der Waals surface area (Å²) in [4.78, 5) is 8.36. The van der Waals surface area contributed by atoms with Crippen LogP contribution in [0.15, 0.2) is 35.4 Å². The Hall–Kier alpha value is -2.50. The predicted octanol–water partition coefficient (Wildman–Crippen LogP) is 1.74. The summed E-state index contributed by atoms with van der Waals surface area (Å²) >= 11 is 0. The zero-order valence-corrected chi connectivity index (χ0v) is 16.3. The number of aromatic nitrogens is 4. The standard InChI is InChI=1S/C15H17ClN6O4S/c1-9-7-18-14(26-3)11(12(9)25-2)22-13(10-5-4-6-17-8-10)19-20-15(22)21-27(16,23)24/h4-9,12H,1-3H3,(H,20,21). The van der Waals surface area contributed by atoms with Crippen molar-refractivity contribution in [1.82, 2.24) is 19.7 Å². The molecule has 0 bridgehead atoms. The van der Waals surface area contributed by atoms with Gasteiger partial charge >= 0.3 is 9.24 Å². The van der Waals surface area contributed by atoms with Gasteiger partial charge in [0.25, 0.3) is 0 Å². The zero-order chi connectivity index (χ0) is 19.6. The number of ether oxygens (including phenoxy) is 2. The van der Waals surface area contributed by atoms with Crippen molar-refractivity contribution < 1.29 is 17.9 Å². The van der Waals surface area contributed by atoms with Gasteiger partial charge in [-0.05, 0) is 12.1 Å². The molecule has 1 aliphatic rings. The van der Waals surface area contributed by atoms with Gasteiger partial charge in [0.15, 0.2) is 5.82 Å². The fraction of sp³-hybridized carbons (Fsp3) is 0.333. The number of pyridine rings is 1. The van der Waals surface area contributed by atoms with E-state index in [4.69, 9.17) is 20.2 Å². The van der Waals surface area contributed by atoms with E-state index in [-0.39, 0.29) is 17.7 Å². The van der Waals surface area contributed by atoms with Gasteiger partial charge < -0.3 is 9.47 Å². The van der Waals surface area contributed by atoms with Crippen LogP contribution in [-0.2, 0) is 18.7 Å². The van der Waals surface area contributed by atoms with Crippen LogP contribution in [0.1, 0.15) is 6.92 Å². The van der Waals surface area contributed by atoms with Crippen molar-refractivity contribution in [3.63, 3.8) is 0 Å². The van der Waals surface area contributed by atoms with E-state index >= 15 is 0 Å². The molecule has 2 atom stereocenters.